The van der Waals surface area contributed by atoms with Gasteiger partial charge in [0.2, 0.25) is 5.91 Å². The predicted octanol–water partition coefficient (Wildman–Crippen LogP) is 1.97. The number of piperidine rings is 1. The normalized spacial score (nSPS) is 19.8. The summed E-state index contributed by atoms with van der Waals surface area (Å²) in [5, 5.41) is 3.25. The van der Waals surface area contributed by atoms with Crippen LogP contribution in [0, 0.1) is 12.8 Å². The van der Waals surface area contributed by atoms with Crippen molar-refractivity contribution in [2.24, 2.45) is 5.92 Å². The van der Waals surface area contributed by atoms with Crippen LogP contribution in [-0.2, 0) is 4.79 Å². The number of rotatable bonds is 6. The van der Waals surface area contributed by atoms with Crippen LogP contribution in [-0.4, -0.2) is 75.1 Å². The van der Waals surface area contributed by atoms with Crippen LogP contribution < -0.4 is 10.2 Å². The first-order chi connectivity index (χ1) is 12.7. The maximum atomic E-state index is 12.5. The van der Waals surface area contributed by atoms with Gasteiger partial charge < -0.3 is 15.1 Å². The third-order valence-corrected chi connectivity index (χ3v) is 5.84. The Morgan fingerprint density at radius 1 is 1.12 bits per heavy atom. The first-order valence-electron chi connectivity index (χ1n) is 10.1. The Morgan fingerprint density at radius 2 is 1.85 bits per heavy atom. The fourth-order valence-corrected chi connectivity index (χ4v) is 4.14. The molecule has 1 N–H and O–H groups in total. The van der Waals surface area contributed by atoms with Gasteiger partial charge in [0.25, 0.3) is 0 Å². The summed E-state index contributed by atoms with van der Waals surface area (Å²) < 4.78 is 0. The zero-order valence-electron chi connectivity index (χ0n) is 16.4. The van der Waals surface area contributed by atoms with E-state index in [-0.39, 0.29) is 0 Å². The first-order valence-corrected chi connectivity index (χ1v) is 10.1. The Morgan fingerprint density at radius 3 is 2.50 bits per heavy atom. The quantitative estimate of drug-likeness (QED) is 0.844. The Kier molecular flexibility index (Phi) is 6.92. The molecular formula is C21H34N4O. The van der Waals surface area contributed by atoms with Crippen molar-refractivity contribution in [3.63, 3.8) is 0 Å². The van der Waals surface area contributed by atoms with Crippen molar-refractivity contribution in [2.45, 2.75) is 26.2 Å². The minimum Gasteiger partial charge on any atom is -0.369 e. The number of likely N-dealkylation sites (tertiary alicyclic amines) is 1. The summed E-state index contributed by atoms with van der Waals surface area (Å²) in [6, 6.07) is 8.74. The highest BCUT2D eigenvalue weighted by atomic mass is 16.2. The molecule has 2 saturated heterocycles. The summed E-state index contributed by atoms with van der Waals surface area (Å²) in [7, 11) is 2.01. The molecular weight excluding hydrogens is 324 g/mol. The van der Waals surface area contributed by atoms with Crippen LogP contribution >= 0.6 is 0 Å². The molecule has 0 aliphatic carbocycles. The van der Waals surface area contributed by atoms with Crippen molar-refractivity contribution in [2.75, 3.05) is 64.3 Å². The van der Waals surface area contributed by atoms with Gasteiger partial charge in [0, 0.05) is 57.9 Å². The van der Waals surface area contributed by atoms with Crippen LogP contribution in [0.5, 0.6) is 0 Å². The fraction of sp³-hybridized carbons (Fsp3) is 0.667. The lowest BCUT2D eigenvalue weighted by Crippen LogP contribution is -2.48. The number of hydrogen-bond donors (Lipinski definition) is 1. The van der Waals surface area contributed by atoms with Crippen molar-refractivity contribution in [1.29, 1.82) is 0 Å². The fourth-order valence-electron chi connectivity index (χ4n) is 4.14. The van der Waals surface area contributed by atoms with E-state index < -0.39 is 0 Å². The van der Waals surface area contributed by atoms with Crippen LogP contribution in [0.25, 0.3) is 0 Å². The summed E-state index contributed by atoms with van der Waals surface area (Å²) in [5.41, 5.74) is 2.64. The second-order valence-electron chi connectivity index (χ2n) is 7.80. The molecule has 1 aromatic rings. The van der Waals surface area contributed by atoms with Crippen molar-refractivity contribution < 1.29 is 4.79 Å². The summed E-state index contributed by atoms with van der Waals surface area (Å²) in [5.74, 6) is 1.08. The predicted molar refractivity (Wildman–Crippen MR) is 108 cm³/mol. The van der Waals surface area contributed by atoms with E-state index >= 15 is 0 Å². The number of anilines is 1. The average molecular weight is 359 g/mol. The lowest BCUT2D eigenvalue weighted by atomic mass is 9.96. The molecule has 5 nitrogen and oxygen atoms in total. The molecule has 26 heavy (non-hydrogen) atoms. The smallest absolute Gasteiger partial charge is 0.223 e. The molecule has 144 valence electrons. The summed E-state index contributed by atoms with van der Waals surface area (Å²) >= 11 is 0. The summed E-state index contributed by atoms with van der Waals surface area (Å²) in [6.07, 6.45) is 2.95. The van der Waals surface area contributed by atoms with Crippen molar-refractivity contribution in [3.8, 4) is 0 Å². The van der Waals surface area contributed by atoms with Crippen LogP contribution in [0.4, 0.5) is 5.69 Å². The second kappa shape index (κ2) is 9.38. The van der Waals surface area contributed by atoms with E-state index in [2.05, 4.69) is 51.2 Å². The Balaban J connectivity index is 1.37. The maximum Gasteiger partial charge on any atom is 0.223 e. The van der Waals surface area contributed by atoms with E-state index in [1.54, 1.807) is 0 Å². The maximum absolute atomic E-state index is 12.5. The molecule has 0 bridgehead atoms. The lowest BCUT2D eigenvalue weighted by Gasteiger charge is -2.37. The molecule has 2 fully saturated rings. The standard InChI is InChI=1S/C21H34N4O/c1-18-4-3-5-20(16-18)24-14-12-23(13-15-24)9-8-21(26)25-10-6-19(7-11-25)17-22-2/h3-5,16,19,22H,6-15,17H2,1-2H3. The van der Waals surface area contributed by atoms with E-state index in [0.717, 1.165) is 71.1 Å². The molecule has 0 saturated carbocycles. The number of carbonyl (C=O) groups excluding carboxylic acids is 1. The van der Waals surface area contributed by atoms with Crippen molar-refractivity contribution >= 4 is 11.6 Å². The molecule has 1 aromatic carbocycles. The Labute approximate surface area is 158 Å². The molecule has 0 radical (unpaired) electrons. The largest absolute Gasteiger partial charge is 0.369 e. The summed E-state index contributed by atoms with van der Waals surface area (Å²) in [4.78, 5) is 19.5. The molecule has 0 aromatic heterocycles. The Hall–Kier alpha value is -1.59. The van der Waals surface area contributed by atoms with Gasteiger partial charge in [-0.2, -0.15) is 0 Å². The zero-order chi connectivity index (χ0) is 18.4. The van der Waals surface area contributed by atoms with Crippen molar-refractivity contribution in [1.82, 2.24) is 15.1 Å². The second-order valence-corrected chi connectivity index (χ2v) is 7.80. The number of aryl methyl sites for hydroxylation is 1. The SMILES string of the molecule is CNCC1CCN(C(=O)CCN2CCN(c3cccc(C)c3)CC2)CC1. The van der Waals surface area contributed by atoms with Gasteiger partial charge in [-0.25, -0.2) is 0 Å². The van der Waals surface area contributed by atoms with Gasteiger partial charge in [0.05, 0.1) is 0 Å². The van der Waals surface area contributed by atoms with Crippen LogP contribution in [0.3, 0.4) is 0 Å². The highest BCUT2D eigenvalue weighted by Crippen LogP contribution is 2.19. The Bertz CT molecular complexity index is 575. The van der Waals surface area contributed by atoms with E-state index in [1.165, 1.54) is 11.3 Å². The van der Waals surface area contributed by atoms with Gasteiger partial charge in [0.15, 0.2) is 0 Å². The van der Waals surface area contributed by atoms with Gasteiger partial charge in [-0.1, -0.05) is 12.1 Å². The topological polar surface area (TPSA) is 38.8 Å². The molecule has 0 spiro atoms. The third-order valence-electron chi connectivity index (χ3n) is 5.84. The van der Waals surface area contributed by atoms with Crippen LogP contribution in [0.2, 0.25) is 0 Å². The average Bonchev–Trinajstić information content (AvgIpc) is 2.67. The third kappa shape index (κ3) is 5.21. The van der Waals surface area contributed by atoms with E-state index in [4.69, 9.17) is 0 Å². The van der Waals surface area contributed by atoms with E-state index in [1.807, 2.05) is 7.05 Å². The number of benzene rings is 1. The number of amides is 1. The molecule has 0 atom stereocenters. The van der Waals surface area contributed by atoms with Gasteiger partial charge in [-0.15, -0.1) is 0 Å². The highest BCUT2D eigenvalue weighted by Gasteiger charge is 2.23. The van der Waals surface area contributed by atoms with Gasteiger partial charge in [-0.3, -0.25) is 9.69 Å². The number of hydrogen-bond acceptors (Lipinski definition) is 4. The molecule has 2 aliphatic heterocycles. The van der Waals surface area contributed by atoms with Gasteiger partial charge in [0.1, 0.15) is 0 Å². The number of carbonyl (C=O) groups is 1. The first kappa shape index (κ1) is 19.2. The molecule has 0 unspecified atom stereocenters. The molecule has 3 rings (SSSR count). The number of nitrogens with one attached hydrogen (secondary N) is 1. The highest BCUT2D eigenvalue weighted by molar-refractivity contribution is 5.76. The number of piperazine rings is 1. The van der Waals surface area contributed by atoms with Gasteiger partial charge >= 0.3 is 0 Å². The summed E-state index contributed by atoms with van der Waals surface area (Å²) in [6.45, 7) is 10.2. The zero-order valence-corrected chi connectivity index (χ0v) is 16.4. The minimum absolute atomic E-state index is 0.342. The van der Waals surface area contributed by atoms with E-state index in [0.29, 0.717) is 12.3 Å². The van der Waals surface area contributed by atoms with Crippen molar-refractivity contribution in [3.05, 3.63) is 29.8 Å². The molecule has 2 heterocycles. The van der Waals surface area contributed by atoms with E-state index in [9.17, 15) is 4.79 Å². The van der Waals surface area contributed by atoms with Crippen LogP contribution in [0.15, 0.2) is 24.3 Å². The monoisotopic (exact) mass is 358 g/mol. The lowest BCUT2D eigenvalue weighted by molar-refractivity contribution is -0.132. The molecule has 2 aliphatic rings. The van der Waals surface area contributed by atoms with Gasteiger partial charge in [-0.05, 0) is 57.0 Å². The number of nitrogens with zero attached hydrogens (tertiary/aromatic N) is 3. The molecule has 1 amide bonds. The molecule has 5 heteroatoms. The minimum atomic E-state index is 0.342. The van der Waals surface area contributed by atoms with Crippen LogP contribution in [0.1, 0.15) is 24.8 Å².